The largest absolute Gasteiger partial charge is 0.494 e. The van der Waals surface area contributed by atoms with Crippen LogP contribution in [0.5, 0.6) is 11.6 Å². The highest BCUT2D eigenvalue weighted by Crippen LogP contribution is 2.31. The van der Waals surface area contributed by atoms with Crippen LogP contribution in [0.3, 0.4) is 0 Å². The normalized spacial score (nSPS) is 10.9. The van der Waals surface area contributed by atoms with Crippen molar-refractivity contribution in [2.45, 2.75) is 26.4 Å². The number of nitrogens with zero attached hydrogens (tertiary/aromatic N) is 2. The first-order chi connectivity index (χ1) is 20.0. The van der Waals surface area contributed by atoms with Crippen LogP contribution in [0.1, 0.15) is 25.3 Å². The molecule has 8 heteroatoms. The van der Waals surface area contributed by atoms with E-state index in [1.807, 2.05) is 72.8 Å². The van der Waals surface area contributed by atoms with Gasteiger partial charge < -0.3 is 14.2 Å². The molecule has 5 aromatic rings. The third-order valence-corrected chi connectivity index (χ3v) is 7.08. The van der Waals surface area contributed by atoms with Crippen molar-refractivity contribution >= 4 is 39.9 Å². The van der Waals surface area contributed by atoms with Crippen molar-refractivity contribution in [2.75, 3.05) is 13.2 Å². The Morgan fingerprint density at radius 2 is 1.54 bits per heavy atom. The third kappa shape index (κ3) is 7.34. The molecule has 1 aromatic heterocycles. The van der Waals surface area contributed by atoms with Crippen molar-refractivity contribution in [3.8, 4) is 34.3 Å². The van der Waals surface area contributed by atoms with Gasteiger partial charge in [0.2, 0.25) is 5.88 Å². The molecule has 6 nitrogen and oxygen atoms in total. The predicted molar refractivity (Wildman–Crippen MR) is 163 cm³/mol. The van der Waals surface area contributed by atoms with Crippen LogP contribution in [0, 0.1) is 0 Å². The van der Waals surface area contributed by atoms with Gasteiger partial charge in [-0.1, -0.05) is 77.8 Å². The molecule has 0 aliphatic heterocycles. The van der Waals surface area contributed by atoms with E-state index in [1.165, 1.54) is 0 Å². The maximum atomic E-state index is 11.5. The molecule has 0 fully saturated rings. The smallest absolute Gasteiger partial charge is 0.305 e. The molecule has 0 bridgehead atoms. The van der Waals surface area contributed by atoms with E-state index in [9.17, 15) is 4.79 Å². The molecule has 0 spiro atoms. The van der Waals surface area contributed by atoms with Gasteiger partial charge in [0.1, 0.15) is 12.4 Å². The lowest BCUT2D eigenvalue weighted by atomic mass is 10.1. The molecule has 0 aliphatic carbocycles. The molecule has 1 heterocycles. The van der Waals surface area contributed by atoms with Gasteiger partial charge in [-0.2, -0.15) is 4.98 Å². The Morgan fingerprint density at radius 3 is 2.32 bits per heavy atom. The number of hydrogen-bond donors (Lipinski definition) is 0. The number of ether oxygens (including phenoxy) is 3. The summed E-state index contributed by atoms with van der Waals surface area (Å²) in [5.41, 5.74) is 3.23. The molecule has 5 rings (SSSR count). The summed E-state index contributed by atoms with van der Waals surface area (Å²) in [5.74, 6) is 1.48. The summed E-state index contributed by atoms with van der Waals surface area (Å²) in [6.45, 7) is 2.79. The van der Waals surface area contributed by atoms with Gasteiger partial charge in [-0.25, -0.2) is 4.98 Å². The number of benzene rings is 4. The second-order valence-corrected chi connectivity index (χ2v) is 10.1. The molecule has 0 N–H and O–H groups in total. The van der Waals surface area contributed by atoms with Gasteiger partial charge in [0, 0.05) is 39.2 Å². The number of halogens is 2. The highest BCUT2D eigenvalue weighted by Gasteiger charge is 2.13. The Labute approximate surface area is 248 Å². The van der Waals surface area contributed by atoms with Crippen LogP contribution in [0.15, 0.2) is 91.0 Å². The van der Waals surface area contributed by atoms with E-state index < -0.39 is 0 Å². The lowest BCUT2D eigenvalue weighted by molar-refractivity contribution is -0.143. The number of hydrogen-bond acceptors (Lipinski definition) is 6. The first kappa shape index (κ1) is 28.4. The number of aromatic nitrogens is 2. The molecule has 0 radical (unpaired) electrons. The van der Waals surface area contributed by atoms with E-state index in [0.717, 1.165) is 33.3 Å². The Balaban J connectivity index is 1.39. The summed E-state index contributed by atoms with van der Waals surface area (Å²) >= 11 is 12.7. The molecule has 0 atom stereocenters. The second-order valence-electron chi connectivity index (χ2n) is 9.25. The van der Waals surface area contributed by atoms with Crippen LogP contribution in [0.25, 0.3) is 33.4 Å². The molecule has 4 aromatic carbocycles. The van der Waals surface area contributed by atoms with Gasteiger partial charge in [-0.15, -0.1) is 0 Å². The number of esters is 1. The molecule has 208 valence electrons. The topological polar surface area (TPSA) is 70.5 Å². The Hall–Kier alpha value is -4.13. The van der Waals surface area contributed by atoms with Crippen molar-refractivity contribution in [2.24, 2.45) is 0 Å². The van der Waals surface area contributed by atoms with Crippen molar-refractivity contribution < 1.29 is 19.0 Å². The van der Waals surface area contributed by atoms with Crippen molar-refractivity contribution in [3.05, 3.63) is 107 Å². The minimum absolute atomic E-state index is 0.170. The molecule has 0 saturated heterocycles. The standard InChI is InChI=1S/C33H28Cl2N2O4/c1-2-39-32(38)12-7-17-40-26-16-15-23-18-25(14-13-24(23)19-26)33-36-30(22-8-4-3-5-9-22)20-31(37-33)41-21-27-28(34)10-6-11-29(27)35/h3-6,8-11,13-16,18-20H,2,7,12,17,21H2,1H3. The molecule has 0 unspecified atom stereocenters. The number of carbonyl (C=O) groups excluding carboxylic acids is 1. The fourth-order valence-electron chi connectivity index (χ4n) is 4.29. The number of carbonyl (C=O) groups is 1. The monoisotopic (exact) mass is 586 g/mol. The zero-order valence-corrected chi connectivity index (χ0v) is 24.0. The fraction of sp³-hybridized carbons (Fsp3) is 0.182. The summed E-state index contributed by atoms with van der Waals surface area (Å²) < 4.78 is 16.9. The maximum Gasteiger partial charge on any atom is 0.305 e. The molecule has 0 aliphatic rings. The van der Waals surface area contributed by atoms with Gasteiger partial charge in [0.05, 0.1) is 18.9 Å². The first-order valence-corrected chi connectivity index (χ1v) is 14.1. The summed E-state index contributed by atoms with van der Waals surface area (Å²) in [7, 11) is 0. The van der Waals surface area contributed by atoms with E-state index in [-0.39, 0.29) is 12.6 Å². The molecular weight excluding hydrogens is 559 g/mol. The van der Waals surface area contributed by atoms with Gasteiger partial charge in [0.15, 0.2) is 5.82 Å². The van der Waals surface area contributed by atoms with Gasteiger partial charge in [-0.05, 0) is 54.4 Å². The van der Waals surface area contributed by atoms with Crippen LogP contribution in [-0.2, 0) is 16.1 Å². The first-order valence-electron chi connectivity index (χ1n) is 13.3. The van der Waals surface area contributed by atoms with E-state index in [1.54, 1.807) is 25.1 Å². The summed E-state index contributed by atoms with van der Waals surface area (Å²) in [5, 5.41) is 3.10. The van der Waals surface area contributed by atoms with Crippen molar-refractivity contribution in [1.29, 1.82) is 0 Å². The van der Waals surface area contributed by atoms with Crippen molar-refractivity contribution in [3.63, 3.8) is 0 Å². The van der Waals surface area contributed by atoms with Crippen LogP contribution in [-0.4, -0.2) is 29.2 Å². The Kier molecular flexibility index (Phi) is 9.34. The SMILES string of the molecule is CCOC(=O)CCCOc1ccc2cc(-c3nc(OCc4c(Cl)cccc4Cl)cc(-c4ccccc4)n3)ccc2c1. The highest BCUT2D eigenvalue weighted by molar-refractivity contribution is 6.35. The summed E-state index contributed by atoms with van der Waals surface area (Å²) in [4.78, 5) is 21.1. The van der Waals surface area contributed by atoms with Gasteiger partial charge >= 0.3 is 5.97 Å². The quantitative estimate of drug-likeness (QED) is 0.114. The van der Waals surface area contributed by atoms with E-state index in [2.05, 4.69) is 0 Å². The summed E-state index contributed by atoms with van der Waals surface area (Å²) in [6.07, 6.45) is 0.932. The van der Waals surface area contributed by atoms with Crippen LogP contribution in [0.4, 0.5) is 0 Å². The lowest BCUT2D eigenvalue weighted by Crippen LogP contribution is -2.06. The van der Waals surface area contributed by atoms with Crippen LogP contribution in [0.2, 0.25) is 10.0 Å². The Bertz CT molecular complexity index is 1640. The molecular formula is C33H28Cl2N2O4. The average Bonchev–Trinajstić information content (AvgIpc) is 2.99. The second kappa shape index (κ2) is 13.5. The number of rotatable bonds is 11. The third-order valence-electron chi connectivity index (χ3n) is 6.37. The predicted octanol–water partition coefficient (Wildman–Crippen LogP) is 8.57. The van der Waals surface area contributed by atoms with Crippen LogP contribution >= 0.6 is 23.2 Å². The number of fused-ring (bicyclic) bond motifs is 1. The minimum atomic E-state index is -0.207. The fourth-order valence-corrected chi connectivity index (χ4v) is 4.80. The molecule has 0 saturated carbocycles. The molecule has 41 heavy (non-hydrogen) atoms. The lowest BCUT2D eigenvalue weighted by Gasteiger charge is -2.12. The molecule has 0 amide bonds. The Morgan fingerprint density at radius 1 is 0.780 bits per heavy atom. The average molecular weight is 588 g/mol. The zero-order chi connectivity index (χ0) is 28.6. The van der Waals surface area contributed by atoms with E-state index >= 15 is 0 Å². The zero-order valence-electron chi connectivity index (χ0n) is 22.5. The van der Waals surface area contributed by atoms with Crippen molar-refractivity contribution in [1.82, 2.24) is 9.97 Å². The van der Waals surface area contributed by atoms with E-state index in [0.29, 0.717) is 53.4 Å². The summed E-state index contributed by atoms with van der Waals surface area (Å²) in [6, 6.07) is 29.0. The highest BCUT2D eigenvalue weighted by atomic mass is 35.5. The maximum absolute atomic E-state index is 11.5. The van der Waals surface area contributed by atoms with Gasteiger partial charge in [-0.3, -0.25) is 4.79 Å². The minimum Gasteiger partial charge on any atom is -0.494 e. The van der Waals surface area contributed by atoms with Gasteiger partial charge in [0.25, 0.3) is 0 Å². The van der Waals surface area contributed by atoms with E-state index in [4.69, 9.17) is 47.4 Å². The van der Waals surface area contributed by atoms with Crippen LogP contribution < -0.4 is 9.47 Å².